The number of nitrogens with one attached hydrogen (secondary N) is 2. The van der Waals surface area contributed by atoms with E-state index in [1.165, 1.54) is 12.1 Å². The molecule has 0 saturated carbocycles. The predicted molar refractivity (Wildman–Crippen MR) is 73.1 cm³/mol. The molecule has 116 valence electrons. The van der Waals surface area contributed by atoms with Crippen molar-refractivity contribution in [2.75, 3.05) is 38.8 Å². The van der Waals surface area contributed by atoms with Gasteiger partial charge in [-0.1, -0.05) is 0 Å². The van der Waals surface area contributed by atoms with E-state index in [0.717, 1.165) is 6.07 Å². The van der Waals surface area contributed by atoms with Crippen LogP contribution in [0, 0.1) is 5.82 Å². The highest BCUT2D eigenvalue weighted by atomic mass is 19.1. The van der Waals surface area contributed by atoms with Gasteiger partial charge < -0.3 is 25.2 Å². The number of carbonyl (C=O) groups excluding carboxylic acids is 1. The van der Waals surface area contributed by atoms with E-state index in [-0.39, 0.29) is 17.8 Å². The fourth-order valence-corrected chi connectivity index (χ4v) is 1.40. The van der Waals surface area contributed by atoms with Gasteiger partial charge in [-0.25, -0.2) is 14.0 Å². The minimum atomic E-state index is -1.24. The number of urea groups is 1. The third-order valence-corrected chi connectivity index (χ3v) is 2.43. The molecule has 0 fully saturated rings. The summed E-state index contributed by atoms with van der Waals surface area (Å²) in [5.41, 5.74) is -0.289. The van der Waals surface area contributed by atoms with Crippen LogP contribution < -0.4 is 10.6 Å². The zero-order valence-corrected chi connectivity index (χ0v) is 11.5. The smallest absolute Gasteiger partial charge is 0.335 e. The van der Waals surface area contributed by atoms with Crippen LogP contribution in [0.4, 0.5) is 14.9 Å². The van der Waals surface area contributed by atoms with Crippen LogP contribution in [-0.2, 0) is 9.47 Å². The maximum absolute atomic E-state index is 13.6. The van der Waals surface area contributed by atoms with Gasteiger partial charge >= 0.3 is 12.0 Å². The van der Waals surface area contributed by atoms with Crippen molar-refractivity contribution >= 4 is 17.7 Å². The molecule has 1 aromatic carbocycles. The number of carboxylic acid groups (broad SMARTS) is 1. The Kier molecular flexibility index (Phi) is 7.13. The molecule has 0 spiro atoms. The average molecular weight is 300 g/mol. The van der Waals surface area contributed by atoms with E-state index >= 15 is 0 Å². The molecule has 3 N–H and O–H groups in total. The molecule has 0 aliphatic rings. The quantitative estimate of drug-likeness (QED) is 0.629. The molecular formula is C13H17FN2O5. The highest BCUT2D eigenvalue weighted by molar-refractivity contribution is 5.91. The molecule has 0 aliphatic heterocycles. The first kappa shape index (κ1) is 16.9. The van der Waals surface area contributed by atoms with Crippen molar-refractivity contribution in [1.29, 1.82) is 0 Å². The summed E-state index contributed by atoms with van der Waals surface area (Å²) >= 11 is 0. The number of halogens is 1. The number of benzene rings is 1. The largest absolute Gasteiger partial charge is 0.478 e. The average Bonchev–Trinajstić information content (AvgIpc) is 2.44. The first-order valence-corrected chi connectivity index (χ1v) is 6.19. The Morgan fingerprint density at radius 2 is 2.05 bits per heavy atom. The number of carboxylic acids is 1. The molecule has 21 heavy (non-hydrogen) atoms. The van der Waals surface area contributed by atoms with Crippen LogP contribution in [0.25, 0.3) is 0 Å². The number of anilines is 1. The summed E-state index contributed by atoms with van der Waals surface area (Å²) in [6.45, 7) is 1.44. The van der Waals surface area contributed by atoms with E-state index in [0.29, 0.717) is 19.8 Å². The molecule has 0 radical (unpaired) electrons. The van der Waals surface area contributed by atoms with Gasteiger partial charge in [-0.15, -0.1) is 0 Å². The molecule has 0 saturated heterocycles. The van der Waals surface area contributed by atoms with E-state index in [2.05, 4.69) is 10.6 Å². The maximum atomic E-state index is 13.6. The summed E-state index contributed by atoms with van der Waals surface area (Å²) in [5.74, 6) is -2.06. The first-order valence-electron chi connectivity index (χ1n) is 6.19. The monoisotopic (exact) mass is 300 g/mol. The fraction of sp³-hybridized carbons (Fsp3) is 0.385. The van der Waals surface area contributed by atoms with Crippen molar-refractivity contribution in [1.82, 2.24) is 5.32 Å². The van der Waals surface area contributed by atoms with Gasteiger partial charge in [0.1, 0.15) is 5.82 Å². The lowest BCUT2D eigenvalue weighted by Crippen LogP contribution is -2.32. The minimum Gasteiger partial charge on any atom is -0.478 e. The Bertz CT molecular complexity index is 495. The zero-order chi connectivity index (χ0) is 15.7. The van der Waals surface area contributed by atoms with Crippen LogP contribution in [0.2, 0.25) is 0 Å². The van der Waals surface area contributed by atoms with Gasteiger partial charge in [-0.05, 0) is 18.2 Å². The molecule has 0 aliphatic carbocycles. The van der Waals surface area contributed by atoms with Gasteiger partial charge in [0, 0.05) is 13.7 Å². The SMILES string of the molecule is COCCOCCNC(=O)Nc1ccc(C(=O)O)cc1F. The summed E-state index contributed by atoms with van der Waals surface area (Å²) in [6.07, 6.45) is 0. The molecule has 0 aromatic heterocycles. The number of carbonyl (C=O) groups is 2. The van der Waals surface area contributed by atoms with Crippen molar-refractivity contribution in [2.24, 2.45) is 0 Å². The van der Waals surface area contributed by atoms with Gasteiger partial charge in [-0.2, -0.15) is 0 Å². The number of hydrogen-bond donors (Lipinski definition) is 3. The highest BCUT2D eigenvalue weighted by Crippen LogP contribution is 2.15. The van der Waals surface area contributed by atoms with Crippen molar-refractivity contribution < 1.29 is 28.6 Å². The lowest BCUT2D eigenvalue weighted by atomic mass is 10.2. The Hall–Kier alpha value is -2.19. The van der Waals surface area contributed by atoms with Crippen LogP contribution in [0.15, 0.2) is 18.2 Å². The molecular weight excluding hydrogens is 283 g/mol. The van der Waals surface area contributed by atoms with Crippen LogP contribution in [-0.4, -0.2) is 50.6 Å². The summed E-state index contributed by atoms with van der Waals surface area (Å²) in [5, 5.41) is 13.5. The van der Waals surface area contributed by atoms with Crippen molar-refractivity contribution in [2.45, 2.75) is 0 Å². The van der Waals surface area contributed by atoms with E-state index in [1.54, 1.807) is 7.11 Å². The molecule has 2 amide bonds. The molecule has 0 bridgehead atoms. The summed E-state index contributed by atoms with van der Waals surface area (Å²) in [4.78, 5) is 22.1. The Labute approximate surface area is 121 Å². The Morgan fingerprint density at radius 1 is 1.29 bits per heavy atom. The van der Waals surface area contributed by atoms with Crippen LogP contribution in [0.5, 0.6) is 0 Å². The third kappa shape index (κ3) is 6.19. The molecule has 7 nitrogen and oxygen atoms in total. The van der Waals surface area contributed by atoms with E-state index < -0.39 is 17.8 Å². The lowest BCUT2D eigenvalue weighted by Gasteiger charge is -2.09. The highest BCUT2D eigenvalue weighted by Gasteiger charge is 2.10. The van der Waals surface area contributed by atoms with Gasteiger partial charge in [0.15, 0.2) is 0 Å². The molecule has 0 atom stereocenters. The lowest BCUT2D eigenvalue weighted by molar-refractivity contribution is 0.0696. The van der Waals surface area contributed by atoms with Gasteiger partial charge in [0.25, 0.3) is 0 Å². The first-order chi connectivity index (χ1) is 10.0. The maximum Gasteiger partial charge on any atom is 0.335 e. The Balaban J connectivity index is 2.36. The third-order valence-electron chi connectivity index (χ3n) is 2.43. The molecule has 0 heterocycles. The van der Waals surface area contributed by atoms with Crippen LogP contribution in [0.3, 0.4) is 0 Å². The topological polar surface area (TPSA) is 96.9 Å². The van der Waals surface area contributed by atoms with E-state index in [1.807, 2.05) is 0 Å². The molecule has 1 aromatic rings. The number of aromatic carboxylic acids is 1. The standard InChI is InChI=1S/C13H17FN2O5/c1-20-6-7-21-5-4-15-13(19)16-11-3-2-9(12(17)18)8-10(11)14/h2-3,8H,4-7H2,1H3,(H,17,18)(H2,15,16,19). The number of methoxy groups -OCH3 is 1. The molecule has 0 unspecified atom stereocenters. The number of amides is 2. The second-order valence-corrected chi connectivity index (χ2v) is 3.99. The zero-order valence-electron chi connectivity index (χ0n) is 11.5. The van der Waals surface area contributed by atoms with Crippen molar-refractivity contribution in [3.05, 3.63) is 29.6 Å². The molecule has 8 heteroatoms. The Morgan fingerprint density at radius 3 is 2.67 bits per heavy atom. The van der Waals surface area contributed by atoms with E-state index in [4.69, 9.17) is 14.6 Å². The molecule has 1 rings (SSSR count). The predicted octanol–water partition coefficient (Wildman–Crippen LogP) is 1.31. The number of hydrogen-bond acceptors (Lipinski definition) is 4. The number of ether oxygens (including phenoxy) is 2. The fourth-order valence-electron chi connectivity index (χ4n) is 1.40. The summed E-state index contributed by atoms with van der Waals surface area (Å²) in [7, 11) is 1.55. The number of rotatable bonds is 8. The van der Waals surface area contributed by atoms with Crippen molar-refractivity contribution in [3.63, 3.8) is 0 Å². The van der Waals surface area contributed by atoms with Crippen molar-refractivity contribution in [3.8, 4) is 0 Å². The minimum absolute atomic E-state index is 0.0993. The van der Waals surface area contributed by atoms with E-state index in [9.17, 15) is 14.0 Å². The second-order valence-electron chi connectivity index (χ2n) is 3.99. The van der Waals surface area contributed by atoms with Crippen LogP contribution in [0.1, 0.15) is 10.4 Å². The van der Waals surface area contributed by atoms with Gasteiger partial charge in [0.05, 0.1) is 31.1 Å². The second kappa shape index (κ2) is 8.88. The summed E-state index contributed by atoms with van der Waals surface area (Å²) < 4.78 is 23.5. The van der Waals surface area contributed by atoms with Gasteiger partial charge in [-0.3, -0.25) is 0 Å². The summed E-state index contributed by atoms with van der Waals surface area (Å²) in [6, 6.07) is 2.63. The van der Waals surface area contributed by atoms with Gasteiger partial charge in [0.2, 0.25) is 0 Å². The normalized spacial score (nSPS) is 10.2. The van der Waals surface area contributed by atoms with Crippen LogP contribution >= 0.6 is 0 Å².